The van der Waals surface area contributed by atoms with Crippen LogP contribution < -0.4 is 0 Å². The highest BCUT2D eigenvalue weighted by Gasteiger charge is 2.19. The molecule has 0 aromatic heterocycles. The van der Waals surface area contributed by atoms with E-state index in [2.05, 4.69) is 27.7 Å². The van der Waals surface area contributed by atoms with E-state index in [-0.39, 0.29) is 31.1 Å². The van der Waals surface area contributed by atoms with E-state index >= 15 is 0 Å². The van der Waals surface area contributed by atoms with Crippen molar-refractivity contribution in [3.8, 4) is 0 Å². The maximum atomic E-state index is 12.9. The SMILES string of the molecule is CCCCCCCCCCCCCCCCCCCC(=O)O[C@H](COC(=O)CCCCCCCCCCCCCCCC)COC(=O)CCCCCCCCCCCCCCCCCCCCC(C)CC. The molecule has 0 amide bonds. The van der Waals surface area contributed by atoms with Gasteiger partial charge in [-0.2, -0.15) is 0 Å². The van der Waals surface area contributed by atoms with Crippen LogP contribution in [-0.4, -0.2) is 37.2 Å². The summed E-state index contributed by atoms with van der Waals surface area (Å²) in [6.07, 6.45) is 66.7. The van der Waals surface area contributed by atoms with Crippen LogP contribution in [-0.2, 0) is 28.6 Å². The van der Waals surface area contributed by atoms with E-state index in [4.69, 9.17) is 14.2 Å². The lowest BCUT2D eigenvalue weighted by Gasteiger charge is -2.18. The molecule has 0 N–H and O–H groups in total. The summed E-state index contributed by atoms with van der Waals surface area (Å²) in [6.45, 7) is 9.13. The van der Waals surface area contributed by atoms with Gasteiger partial charge in [-0.05, 0) is 25.2 Å². The van der Waals surface area contributed by atoms with Crippen LogP contribution in [0.15, 0.2) is 0 Å². The molecule has 0 rings (SSSR count). The molecule has 0 radical (unpaired) electrons. The Morgan fingerprint density at radius 2 is 0.493 bits per heavy atom. The number of unbranched alkanes of at least 4 members (excludes halogenated alkanes) is 46. The standard InChI is InChI=1S/C65H126O6/c1-5-8-10-12-14-16-18-20-22-25-30-34-38-42-46-50-54-58-65(68)71-62(59-69-63(66)56-52-48-44-40-36-32-21-19-17-15-13-11-9-6-2)60-70-64(67)57-53-49-45-41-37-33-29-27-24-23-26-28-31-35-39-43-47-51-55-61(4)7-3/h61-62H,5-60H2,1-4H3/t61?,62-/m1/s1. The predicted molar refractivity (Wildman–Crippen MR) is 307 cm³/mol. The fourth-order valence-corrected chi connectivity index (χ4v) is 10.1. The van der Waals surface area contributed by atoms with Crippen LogP contribution >= 0.6 is 0 Å². The average Bonchev–Trinajstić information content (AvgIpc) is 3.37. The third-order valence-electron chi connectivity index (χ3n) is 15.4. The summed E-state index contributed by atoms with van der Waals surface area (Å²) < 4.78 is 17.0. The Hall–Kier alpha value is -1.59. The van der Waals surface area contributed by atoms with E-state index < -0.39 is 6.10 Å². The fourth-order valence-electron chi connectivity index (χ4n) is 10.1. The summed E-state index contributed by atoms with van der Waals surface area (Å²) in [5.41, 5.74) is 0. The van der Waals surface area contributed by atoms with Crippen LogP contribution in [0.1, 0.15) is 374 Å². The van der Waals surface area contributed by atoms with Gasteiger partial charge in [0.15, 0.2) is 6.10 Å². The van der Waals surface area contributed by atoms with Gasteiger partial charge in [0.05, 0.1) is 0 Å². The molecule has 0 spiro atoms. The predicted octanol–water partition coefficient (Wildman–Crippen LogP) is 21.7. The maximum absolute atomic E-state index is 12.9. The number of esters is 3. The van der Waals surface area contributed by atoms with Crippen molar-refractivity contribution in [1.29, 1.82) is 0 Å². The summed E-state index contributed by atoms with van der Waals surface area (Å²) in [6, 6.07) is 0. The number of hydrogen-bond acceptors (Lipinski definition) is 6. The van der Waals surface area contributed by atoms with E-state index in [1.807, 2.05) is 0 Å². The topological polar surface area (TPSA) is 78.9 Å². The third kappa shape index (κ3) is 57.5. The van der Waals surface area contributed by atoms with Crippen LogP contribution in [0.4, 0.5) is 0 Å². The van der Waals surface area contributed by atoms with Crippen LogP contribution in [0.25, 0.3) is 0 Å². The zero-order valence-corrected chi connectivity index (χ0v) is 48.7. The number of ether oxygens (including phenoxy) is 3. The fraction of sp³-hybridized carbons (Fsp3) is 0.954. The molecule has 0 aliphatic heterocycles. The summed E-state index contributed by atoms with van der Waals surface area (Å²) in [4.78, 5) is 38.3. The zero-order chi connectivity index (χ0) is 51.6. The van der Waals surface area contributed by atoms with Gasteiger partial charge < -0.3 is 14.2 Å². The molecule has 0 bridgehead atoms. The lowest BCUT2D eigenvalue weighted by molar-refractivity contribution is -0.167. The molecule has 0 aromatic carbocycles. The molecule has 422 valence electrons. The molecule has 0 aromatic rings. The van der Waals surface area contributed by atoms with Crippen molar-refractivity contribution in [3.05, 3.63) is 0 Å². The second-order valence-electron chi connectivity index (χ2n) is 22.6. The maximum Gasteiger partial charge on any atom is 0.306 e. The number of hydrogen-bond donors (Lipinski definition) is 0. The summed E-state index contributed by atoms with van der Waals surface area (Å²) in [7, 11) is 0. The molecule has 0 saturated heterocycles. The van der Waals surface area contributed by atoms with E-state index in [9.17, 15) is 14.4 Å². The summed E-state index contributed by atoms with van der Waals surface area (Å²) >= 11 is 0. The first kappa shape index (κ1) is 69.4. The zero-order valence-electron chi connectivity index (χ0n) is 48.7. The minimum atomic E-state index is -0.763. The van der Waals surface area contributed by atoms with Crippen molar-refractivity contribution in [2.45, 2.75) is 381 Å². The Kier molecular flexibility index (Phi) is 58.0. The average molecular weight is 1000 g/mol. The van der Waals surface area contributed by atoms with Crippen LogP contribution in [0, 0.1) is 5.92 Å². The van der Waals surface area contributed by atoms with Gasteiger partial charge in [-0.3, -0.25) is 14.4 Å². The molecular weight excluding hydrogens is 877 g/mol. The third-order valence-corrected chi connectivity index (χ3v) is 15.4. The van der Waals surface area contributed by atoms with Gasteiger partial charge in [0.25, 0.3) is 0 Å². The van der Waals surface area contributed by atoms with E-state index in [1.54, 1.807) is 0 Å². The Morgan fingerprint density at radius 3 is 0.732 bits per heavy atom. The van der Waals surface area contributed by atoms with Crippen LogP contribution in [0.2, 0.25) is 0 Å². The van der Waals surface area contributed by atoms with Crippen molar-refractivity contribution in [3.63, 3.8) is 0 Å². The lowest BCUT2D eigenvalue weighted by atomic mass is 9.99. The number of carbonyl (C=O) groups is 3. The summed E-state index contributed by atoms with van der Waals surface area (Å²) in [5.74, 6) is 0.0836. The van der Waals surface area contributed by atoms with Crippen molar-refractivity contribution in [2.75, 3.05) is 13.2 Å². The van der Waals surface area contributed by atoms with E-state index in [1.165, 1.54) is 270 Å². The Morgan fingerprint density at radius 1 is 0.282 bits per heavy atom. The molecule has 71 heavy (non-hydrogen) atoms. The van der Waals surface area contributed by atoms with Crippen LogP contribution in [0.5, 0.6) is 0 Å². The van der Waals surface area contributed by atoms with Gasteiger partial charge in [-0.15, -0.1) is 0 Å². The number of carbonyl (C=O) groups excluding carboxylic acids is 3. The summed E-state index contributed by atoms with van der Waals surface area (Å²) in [5, 5.41) is 0. The molecule has 1 unspecified atom stereocenters. The Balaban J connectivity index is 4.24. The monoisotopic (exact) mass is 1000 g/mol. The van der Waals surface area contributed by atoms with Gasteiger partial charge in [0, 0.05) is 19.3 Å². The van der Waals surface area contributed by atoms with Crippen molar-refractivity contribution >= 4 is 17.9 Å². The van der Waals surface area contributed by atoms with E-state index in [0.717, 1.165) is 63.7 Å². The molecule has 6 nitrogen and oxygen atoms in total. The highest BCUT2D eigenvalue weighted by molar-refractivity contribution is 5.71. The molecule has 6 heteroatoms. The minimum Gasteiger partial charge on any atom is -0.462 e. The minimum absolute atomic E-state index is 0.0610. The smallest absolute Gasteiger partial charge is 0.306 e. The van der Waals surface area contributed by atoms with Gasteiger partial charge in [0.2, 0.25) is 0 Å². The van der Waals surface area contributed by atoms with Crippen molar-refractivity contribution in [1.82, 2.24) is 0 Å². The molecule has 0 heterocycles. The molecular formula is C65H126O6. The quantitative estimate of drug-likeness (QED) is 0.0343. The van der Waals surface area contributed by atoms with Crippen LogP contribution in [0.3, 0.4) is 0 Å². The first-order valence-corrected chi connectivity index (χ1v) is 32.4. The van der Waals surface area contributed by atoms with Crippen molar-refractivity contribution in [2.24, 2.45) is 5.92 Å². The second-order valence-corrected chi connectivity index (χ2v) is 22.6. The Bertz CT molecular complexity index is 1080. The van der Waals surface area contributed by atoms with E-state index in [0.29, 0.717) is 19.3 Å². The normalized spacial score (nSPS) is 12.3. The van der Waals surface area contributed by atoms with Gasteiger partial charge >= 0.3 is 17.9 Å². The highest BCUT2D eigenvalue weighted by atomic mass is 16.6. The lowest BCUT2D eigenvalue weighted by Crippen LogP contribution is -2.30. The van der Waals surface area contributed by atoms with Crippen molar-refractivity contribution < 1.29 is 28.6 Å². The molecule has 0 fully saturated rings. The molecule has 2 atom stereocenters. The first-order chi connectivity index (χ1) is 34.9. The Labute approximate surface area is 444 Å². The highest BCUT2D eigenvalue weighted by Crippen LogP contribution is 2.19. The number of rotatable bonds is 60. The molecule has 0 aliphatic carbocycles. The van der Waals surface area contributed by atoms with Gasteiger partial charge in [-0.1, -0.05) is 336 Å². The van der Waals surface area contributed by atoms with Gasteiger partial charge in [-0.25, -0.2) is 0 Å². The first-order valence-electron chi connectivity index (χ1n) is 32.4. The largest absolute Gasteiger partial charge is 0.462 e. The molecule has 0 saturated carbocycles. The molecule has 0 aliphatic rings. The second kappa shape index (κ2) is 59.3. The van der Waals surface area contributed by atoms with Gasteiger partial charge in [0.1, 0.15) is 13.2 Å².